The van der Waals surface area contributed by atoms with Gasteiger partial charge < -0.3 is 25.1 Å². The van der Waals surface area contributed by atoms with Crippen LogP contribution in [-0.2, 0) is 35.2 Å². The summed E-state index contributed by atoms with van der Waals surface area (Å²) in [6.45, 7) is 16.5. The van der Waals surface area contributed by atoms with Gasteiger partial charge in [-0.3, -0.25) is 9.59 Å². The van der Waals surface area contributed by atoms with E-state index in [-0.39, 0.29) is 70.5 Å². The van der Waals surface area contributed by atoms with E-state index in [2.05, 4.69) is 33.8 Å². The number of fused-ring (bicyclic) bond motifs is 5. The third kappa shape index (κ3) is 6.89. The second-order valence-corrected chi connectivity index (χ2v) is 16.6. The molecule has 11 atom stereocenters. The summed E-state index contributed by atoms with van der Waals surface area (Å²) < 4.78 is 18.0. The van der Waals surface area contributed by atoms with Crippen LogP contribution < -0.4 is 5.73 Å². The molecule has 8 nitrogen and oxygen atoms in total. The SMILES string of the molecule is CC(=O)O[C@H]1C[C@@]2(C)C(C[C@@H](O)C3[C@@]4(C)CC[C@@H](OC(=O)C(C)N)[C@@H](C)C4CC[C@@]32C)/C1=C(\CCC=C(C)C)C(=O)OCc1ccccc1. The van der Waals surface area contributed by atoms with Crippen LogP contribution in [0.25, 0.3) is 0 Å². The first-order valence-electron chi connectivity index (χ1n) is 18.4. The van der Waals surface area contributed by atoms with Crippen LogP contribution in [0.4, 0.5) is 0 Å². The maximum absolute atomic E-state index is 14.1. The first-order chi connectivity index (χ1) is 23.0. The number of rotatable bonds is 9. The Bertz CT molecular complexity index is 1460. The average Bonchev–Trinajstić information content (AvgIpc) is 3.30. The molecule has 0 amide bonds. The maximum atomic E-state index is 14.1. The molecule has 3 N–H and O–H groups in total. The number of esters is 3. The van der Waals surface area contributed by atoms with Gasteiger partial charge in [-0.2, -0.15) is 0 Å². The lowest BCUT2D eigenvalue weighted by atomic mass is 9.36. The normalized spacial score (nSPS) is 38.2. The van der Waals surface area contributed by atoms with Crippen molar-refractivity contribution < 1.29 is 33.7 Å². The minimum absolute atomic E-state index is 0.0102. The topological polar surface area (TPSA) is 125 Å². The smallest absolute Gasteiger partial charge is 0.334 e. The number of nitrogens with two attached hydrogens (primary N) is 1. The van der Waals surface area contributed by atoms with Gasteiger partial charge in [0, 0.05) is 12.5 Å². The number of carbonyl (C=O) groups excluding carboxylic acids is 3. The molecule has 4 fully saturated rings. The fourth-order valence-corrected chi connectivity index (χ4v) is 11.0. The van der Waals surface area contributed by atoms with Crippen molar-refractivity contribution >= 4 is 17.9 Å². The van der Waals surface area contributed by atoms with Crippen molar-refractivity contribution in [1.29, 1.82) is 0 Å². The molecular formula is C41H59NO7. The summed E-state index contributed by atoms with van der Waals surface area (Å²) in [7, 11) is 0. The molecule has 4 aliphatic carbocycles. The fourth-order valence-electron chi connectivity index (χ4n) is 11.0. The van der Waals surface area contributed by atoms with Crippen LogP contribution in [0.2, 0.25) is 0 Å². The minimum atomic E-state index is -0.662. The molecule has 0 heterocycles. The third-order valence-electron chi connectivity index (χ3n) is 13.4. The fraction of sp³-hybridized carbons (Fsp3) is 0.683. The highest BCUT2D eigenvalue weighted by Gasteiger charge is 2.71. The van der Waals surface area contributed by atoms with Gasteiger partial charge in [0.2, 0.25) is 0 Å². The average molecular weight is 678 g/mol. The summed E-state index contributed by atoms with van der Waals surface area (Å²) in [5.74, 6) is -0.876. The molecule has 0 saturated heterocycles. The van der Waals surface area contributed by atoms with Gasteiger partial charge in [-0.1, -0.05) is 69.7 Å². The lowest BCUT2D eigenvalue weighted by Crippen LogP contribution is -2.65. The monoisotopic (exact) mass is 677 g/mol. The first kappa shape index (κ1) is 37.3. The number of aliphatic hydroxyl groups excluding tert-OH is 1. The van der Waals surface area contributed by atoms with Gasteiger partial charge >= 0.3 is 17.9 Å². The van der Waals surface area contributed by atoms with E-state index in [4.69, 9.17) is 19.9 Å². The van der Waals surface area contributed by atoms with Gasteiger partial charge in [-0.05, 0) is 123 Å². The second kappa shape index (κ2) is 14.3. The highest BCUT2D eigenvalue weighted by molar-refractivity contribution is 5.90. The second-order valence-electron chi connectivity index (χ2n) is 16.6. The van der Waals surface area contributed by atoms with Crippen LogP contribution in [0.5, 0.6) is 0 Å². The maximum Gasteiger partial charge on any atom is 0.334 e. The van der Waals surface area contributed by atoms with Crippen molar-refractivity contribution in [3.8, 4) is 0 Å². The van der Waals surface area contributed by atoms with Crippen molar-refractivity contribution in [2.24, 2.45) is 45.7 Å². The lowest BCUT2D eigenvalue weighted by molar-refractivity contribution is -0.236. The molecule has 5 rings (SSSR count). The van der Waals surface area contributed by atoms with Gasteiger partial charge in [0.1, 0.15) is 24.9 Å². The van der Waals surface area contributed by atoms with E-state index in [1.54, 1.807) is 6.92 Å². The molecule has 8 heteroatoms. The van der Waals surface area contributed by atoms with Crippen LogP contribution in [0.15, 0.2) is 53.1 Å². The molecule has 0 aliphatic heterocycles. The zero-order valence-electron chi connectivity index (χ0n) is 30.9. The molecule has 0 spiro atoms. The molecule has 1 aromatic rings. The van der Waals surface area contributed by atoms with Gasteiger partial charge in [0.25, 0.3) is 0 Å². The number of hydrogen-bond donors (Lipinski definition) is 2. The molecule has 0 aromatic heterocycles. The van der Waals surface area contributed by atoms with E-state index in [9.17, 15) is 19.5 Å². The Morgan fingerprint density at radius 2 is 1.71 bits per heavy atom. The third-order valence-corrected chi connectivity index (χ3v) is 13.4. The zero-order chi connectivity index (χ0) is 35.9. The Labute approximate surface area is 293 Å². The van der Waals surface area contributed by atoms with E-state index in [0.29, 0.717) is 31.3 Å². The number of allylic oxidation sites excluding steroid dienone is 2. The Kier molecular flexibility index (Phi) is 10.9. The van der Waals surface area contributed by atoms with Gasteiger partial charge in [-0.25, -0.2) is 4.79 Å². The molecule has 49 heavy (non-hydrogen) atoms. The standard InChI is InChI=1S/C41H59NO7/c1-24(2)13-12-16-29(38(46)47-23-28-14-10-9-11-15-28)35-31-21-32(44)36-39(6)19-18-33(49-37(45)26(4)42)25(3)30(39)17-20-40(36,7)41(31,8)22-34(35)48-27(5)43/h9-11,13-15,25-26,30-34,36,44H,12,16-23,42H2,1-8H3/b35-29-/t25-,26?,30?,31?,32+,33+,34-,36?,39-,40-,41-/m0/s1. The van der Waals surface area contributed by atoms with Crippen molar-refractivity contribution in [3.63, 3.8) is 0 Å². The highest BCUT2D eigenvalue weighted by atomic mass is 16.6. The lowest BCUT2D eigenvalue weighted by Gasteiger charge is -2.69. The summed E-state index contributed by atoms with van der Waals surface area (Å²) in [5.41, 5.74) is 8.51. The van der Waals surface area contributed by atoms with Crippen molar-refractivity contribution in [2.45, 2.75) is 138 Å². The molecule has 0 radical (unpaired) electrons. The number of carbonyl (C=O) groups is 3. The van der Waals surface area contributed by atoms with Gasteiger partial charge in [-0.15, -0.1) is 0 Å². The van der Waals surface area contributed by atoms with Crippen LogP contribution >= 0.6 is 0 Å². The molecular weight excluding hydrogens is 618 g/mol. The Morgan fingerprint density at radius 3 is 2.35 bits per heavy atom. The Morgan fingerprint density at radius 1 is 1.02 bits per heavy atom. The Balaban J connectivity index is 1.53. The predicted molar refractivity (Wildman–Crippen MR) is 189 cm³/mol. The van der Waals surface area contributed by atoms with Gasteiger partial charge in [0.15, 0.2) is 0 Å². The molecule has 1 aromatic carbocycles. The van der Waals surface area contributed by atoms with Crippen molar-refractivity contribution in [2.75, 3.05) is 0 Å². The van der Waals surface area contributed by atoms with E-state index in [0.717, 1.165) is 36.8 Å². The van der Waals surface area contributed by atoms with Crippen molar-refractivity contribution in [3.05, 3.63) is 58.7 Å². The Hall–Kier alpha value is -2.97. The molecule has 4 saturated carbocycles. The summed E-state index contributed by atoms with van der Waals surface area (Å²) in [6.07, 6.45) is 6.35. The highest BCUT2D eigenvalue weighted by Crippen LogP contribution is 2.74. The van der Waals surface area contributed by atoms with Crippen LogP contribution in [0.3, 0.4) is 0 Å². The molecule has 0 bridgehead atoms. The number of hydrogen-bond acceptors (Lipinski definition) is 8. The summed E-state index contributed by atoms with van der Waals surface area (Å²) >= 11 is 0. The van der Waals surface area contributed by atoms with Gasteiger partial charge in [0.05, 0.1) is 6.10 Å². The summed E-state index contributed by atoms with van der Waals surface area (Å²) in [4.78, 5) is 39.2. The van der Waals surface area contributed by atoms with E-state index < -0.39 is 18.2 Å². The van der Waals surface area contributed by atoms with Crippen LogP contribution in [-0.4, -0.2) is 47.4 Å². The number of aliphatic hydroxyl groups is 1. The largest absolute Gasteiger partial charge is 0.461 e. The van der Waals surface area contributed by atoms with E-state index in [1.165, 1.54) is 12.5 Å². The zero-order valence-corrected chi connectivity index (χ0v) is 30.9. The summed E-state index contributed by atoms with van der Waals surface area (Å²) in [5, 5.41) is 12.4. The van der Waals surface area contributed by atoms with Crippen LogP contribution in [0, 0.1) is 39.9 Å². The van der Waals surface area contributed by atoms with Crippen molar-refractivity contribution in [1.82, 2.24) is 0 Å². The van der Waals surface area contributed by atoms with E-state index >= 15 is 0 Å². The van der Waals surface area contributed by atoms with E-state index in [1.807, 2.05) is 44.2 Å². The number of ether oxygens (including phenoxy) is 3. The molecule has 4 unspecified atom stereocenters. The predicted octanol–water partition coefficient (Wildman–Crippen LogP) is 7.22. The quantitative estimate of drug-likeness (QED) is 0.122. The summed E-state index contributed by atoms with van der Waals surface area (Å²) in [6, 6.07) is 8.98. The van der Waals surface area contributed by atoms with Crippen LogP contribution in [0.1, 0.15) is 112 Å². The number of benzene rings is 1. The first-order valence-corrected chi connectivity index (χ1v) is 18.4. The minimum Gasteiger partial charge on any atom is -0.461 e. The molecule has 270 valence electrons. The molecule has 4 aliphatic rings.